The topological polar surface area (TPSA) is 104 Å². The molecule has 0 aromatic heterocycles. The highest BCUT2D eigenvalue weighted by molar-refractivity contribution is 5.97. The van der Waals surface area contributed by atoms with Crippen molar-refractivity contribution < 1.29 is 29.6 Å². The summed E-state index contributed by atoms with van der Waals surface area (Å²) < 4.78 is 4.94. The fourth-order valence-electron chi connectivity index (χ4n) is 1.57. The lowest BCUT2D eigenvalue weighted by Gasteiger charge is -2.08. The van der Waals surface area contributed by atoms with Gasteiger partial charge >= 0.3 is 11.9 Å². The number of benzene rings is 2. The number of hydrogen-bond acceptors (Lipinski definition) is 5. The van der Waals surface area contributed by atoms with Gasteiger partial charge in [-0.05, 0) is 30.3 Å². The van der Waals surface area contributed by atoms with Gasteiger partial charge in [0.15, 0.2) is 0 Å². The molecule has 6 heteroatoms. The lowest BCUT2D eigenvalue weighted by molar-refractivity contribution is 0.0681. The van der Waals surface area contributed by atoms with Crippen LogP contribution in [0.15, 0.2) is 42.5 Å². The number of esters is 1. The molecule has 2 aromatic carbocycles. The minimum atomic E-state index is -1.24. The Morgan fingerprint density at radius 1 is 0.950 bits per heavy atom. The maximum absolute atomic E-state index is 11.9. The normalized spacial score (nSPS) is 10.0. The summed E-state index contributed by atoms with van der Waals surface area (Å²) in [6.45, 7) is 0. The van der Waals surface area contributed by atoms with Gasteiger partial charge in [-0.3, -0.25) is 0 Å². The maximum Gasteiger partial charge on any atom is 0.347 e. The number of carbonyl (C=O) groups excluding carboxylic acids is 1. The summed E-state index contributed by atoms with van der Waals surface area (Å²) >= 11 is 0. The van der Waals surface area contributed by atoms with Crippen molar-refractivity contribution in [1.29, 1.82) is 0 Å². The third-order valence-electron chi connectivity index (χ3n) is 2.52. The van der Waals surface area contributed by atoms with E-state index in [9.17, 15) is 19.8 Å². The molecule has 0 aliphatic heterocycles. The Morgan fingerprint density at radius 2 is 1.65 bits per heavy atom. The van der Waals surface area contributed by atoms with Crippen molar-refractivity contribution >= 4 is 11.9 Å². The SMILES string of the molecule is O=C(Oc1ccccc1C(=O)O)c1cc(O)ccc1O. The Kier molecular flexibility index (Phi) is 3.56. The maximum atomic E-state index is 11.9. The predicted molar refractivity (Wildman–Crippen MR) is 68.1 cm³/mol. The van der Waals surface area contributed by atoms with Crippen molar-refractivity contribution in [2.75, 3.05) is 0 Å². The molecule has 0 atom stereocenters. The first-order valence-corrected chi connectivity index (χ1v) is 5.55. The zero-order valence-corrected chi connectivity index (χ0v) is 10.1. The molecular formula is C14H10O6. The highest BCUT2D eigenvalue weighted by Crippen LogP contribution is 2.25. The summed E-state index contributed by atoms with van der Waals surface area (Å²) in [6, 6.07) is 8.98. The number of aromatic carboxylic acids is 1. The number of phenolic OH excluding ortho intramolecular Hbond substituents is 2. The van der Waals surface area contributed by atoms with Gasteiger partial charge in [0.05, 0.1) is 0 Å². The van der Waals surface area contributed by atoms with E-state index in [1.807, 2.05) is 0 Å². The minimum absolute atomic E-state index is 0.146. The number of para-hydroxylation sites is 1. The molecule has 3 N–H and O–H groups in total. The molecular weight excluding hydrogens is 264 g/mol. The van der Waals surface area contributed by atoms with Crippen LogP contribution in [0.2, 0.25) is 0 Å². The number of phenols is 2. The summed E-state index contributed by atoms with van der Waals surface area (Å²) in [4.78, 5) is 22.9. The zero-order valence-electron chi connectivity index (χ0n) is 10.1. The molecule has 6 nitrogen and oxygen atoms in total. The van der Waals surface area contributed by atoms with Crippen molar-refractivity contribution in [3.63, 3.8) is 0 Å². The molecule has 0 heterocycles. The Bertz CT molecular complexity index is 677. The fourth-order valence-corrected chi connectivity index (χ4v) is 1.57. The summed E-state index contributed by atoms with van der Waals surface area (Å²) in [5, 5.41) is 27.8. The summed E-state index contributed by atoms with van der Waals surface area (Å²) in [5.74, 6) is -2.95. The second-order valence-corrected chi connectivity index (χ2v) is 3.89. The highest BCUT2D eigenvalue weighted by Gasteiger charge is 2.18. The molecule has 0 saturated carbocycles. The van der Waals surface area contributed by atoms with Crippen molar-refractivity contribution in [1.82, 2.24) is 0 Å². The molecule has 0 aliphatic rings. The quantitative estimate of drug-likeness (QED) is 0.449. The van der Waals surface area contributed by atoms with Crippen LogP contribution in [0, 0.1) is 0 Å². The average molecular weight is 274 g/mol. The van der Waals surface area contributed by atoms with Gasteiger partial charge in [0.1, 0.15) is 28.4 Å². The van der Waals surface area contributed by atoms with Gasteiger partial charge in [0, 0.05) is 0 Å². The van der Waals surface area contributed by atoms with E-state index in [4.69, 9.17) is 9.84 Å². The predicted octanol–water partition coefficient (Wildman–Crippen LogP) is 2.02. The van der Waals surface area contributed by atoms with Gasteiger partial charge in [0.25, 0.3) is 0 Å². The Balaban J connectivity index is 2.33. The van der Waals surface area contributed by atoms with Gasteiger partial charge in [-0.2, -0.15) is 0 Å². The monoisotopic (exact) mass is 274 g/mol. The number of hydrogen-bond donors (Lipinski definition) is 3. The largest absolute Gasteiger partial charge is 0.508 e. The minimum Gasteiger partial charge on any atom is -0.508 e. The van der Waals surface area contributed by atoms with Crippen LogP contribution in [0.4, 0.5) is 0 Å². The number of ether oxygens (including phenoxy) is 1. The molecule has 2 rings (SSSR count). The lowest BCUT2D eigenvalue weighted by Crippen LogP contribution is -2.11. The molecule has 20 heavy (non-hydrogen) atoms. The van der Waals surface area contributed by atoms with Gasteiger partial charge in [-0.1, -0.05) is 12.1 Å². The van der Waals surface area contributed by atoms with E-state index in [2.05, 4.69) is 0 Å². The molecule has 2 aromatic rings. The molecule has 0 aliphatic carbocycles. The molecule has 0 fully saturated rings. The molecule has 102 valence electrons. The van der Waals surface area contributed by atoms with Crippen LogP contribution in [-0.2, 0) is 0 Å². The molecule has 0 amide bonds. The smallest absolute Gasteiger partial charge is 0.347 e. The second kappa shape index (κ2) is 5.31. The van der Waals surface area contributed by atoms with Crippen LogP contribution in [0.5, 0.6) is 17.2 Å². The van der Waals surface area contributed by atoms with Crippen molar-refractivity contribution in [2.24, 2.45) is 0 Å². The van der Waals surface area contributed by atoms with E-state index in [0.29, 0.717) is 0 Å². The molecule has 0 radical (unpaired) electrons. The standard InChI is InChI=1S/C14H10O6/c15-8-5-6-11(16)10(7-8)14(19)20-12-4-2-1-3-9(12)13(17)18/h1-7,15-16H,(H,17,18). The highest BCUT2D eigenvalue weighted by atomic mass is 16.5. The van der Waals surface area contributed by atoms with E-state index in [-0.39, 0.29) is 28.4 Å². The van der Waals surface area contributed by atoms with Crippen LogP contribution < -0.4 is 4.74 Å². The van der Waals surface area contributed by atoms with Crippen LogP contribution in [0.1, 0.15) is 20.7 Å². The number of carboxylic acids is 1. The molecule has 0 bridgehead atoms. The van der Waals surface area contributed by atoms with Gasteiger partial charge in [-0.25, -0.2) is 9.59 Å². The van der Waals surface area contributed by atoms with Gasteiger partial charge in [-0.15, -0.1) is 0 Å². The van der Waals surface area contributed by atoms with Gasteiger partial charge in [0.2, 0.25) is 0 Å². The average Bonchev–Trinajstić information content (AvgIpc) is 2.41. The van der Waals surface area contributed by atoms with Crippen LogP contribution in [0.3, 0.4) is 0 Å². The second-order valence-electron chi connectivity index (χ2n) is 3.89. The summed E-state index contributed by atoms with van der Waals surface area (Å²) in [6.07, 6.45) is 0. The van der Waals surface area contributed by atoms with Gasteiger partial charge < -0.3 is 20.1 Å². The molecule has 0 unspecified atom stereocenters. The zero-order chi connectivity index (χ0) is 14.7. The van der Waals surface area contributed by atoms with Crippen molar-refractivity contribution in [2.45, 2.75) is 0 Å². The fraction of sp³-hybridized carbons (Fsp3) is 0. The molecule has 0 saturated heterocycles. The van der Waals surface area contributed by atoms with E-state index in [1.54, 1.807) is 0 Å². The first-order chi connectivity index (χ1) is 9.49. The number of aromatic hydroxyl groups is 2. The van der Waals surface area contributed by atoms with Crippen LogP contribution in [0.25, 0.3) is 0 Å². The third-order valence-corrected chi connectivity index (χ3v) is 2.52. The number of carbonyl (C=O) groups is 2. The Labute approximate surface area is 113 Å². The van der Waals surface area contributed by atoms with E-state index >= 15 is 0 Å². The third kappa shape index (κ3) is 2.69. The summed E-state index contributed by atoms with van der Waals surface area (Å²) in [5.41, 5.74) is -0.439. The van der Waals surface area contributed by atoms with E-state index in [1.165, 1.54) is 30.3 Å². The summed E-state index contributed by atoms with van der Waals surface area (Å²) in [7, 11) is 0. The first kappa shape index (κ1) is 13.4. The molecule has 0 spiro atoms. The lowest BCUT2D eigenvalue weighted by atomic mass is 10.2. The van der Waals surface area contributed by atoms with Crippen molar-refractivity contribution in [3.05, 3.63) is 53.6 Å². The first-order valence-electron chi connectivity index (χ1n) is 5.55. The number of rotatable bonds is 3. The van der Waals surface area contributed by atoms with E-state index in [0.717, 1.165) is 12.1 Å². The van der Waals surface area contributed by atoms with Crippen molar-refractivity contribution in [3.8, 4) is 17.2 Å². The van der Waals surface area contributed by atoms with Crippen LogP contribution in [-0.4, -0.2) is 27.3 Å². The number of carboxylic acid groups (broad SMARTS) is 1. The van der Waals surface area contributed by atoms with E-state index < -0.39 is 11.9 Å². The Hall–Kier alpha value is -3.02. The van der Waals surface area contributed by atoms with Crippen LogP contribution >= 0.6 is 0 Å². The Morgan fingerprint density at radius 3 is 2.35 bits per heavy atom.